The van der Waals surface area contributed by atoms with Crippen LogP contribution < -0.4 is 5.06 Å². The van der Waals surface area contributed by atoms with E-state index in [-0.39, 0.29) is 6.42 Å². The van der Waals surface area contributed by atoms with Gasteiger partial charge in [0, 0.05) is 6.42 Å². The summed E-state index contributed by atoms with van der Waals surface area (Å²) in [5, 5.41) is 1.37. The number of nitrogens with zero attached hydrogens (tertiary/aromatic N) is 1. The van der Waals surface area contributed by atoms with Crippen molar-refractivity contribution in [3.8, 4) is 0 Å². The third-order valence-corrected chi connectivity index (χ3v) is 3.52. The Morgan fingerprint density at radius 3 is 2.05 bits per heavy atom. The fraction of sp³-hybridized carbons (Fsp3) is 0.250. The van der Waals surface area contributed by atoms with Gasteiger partial charge in [0.2, 0.25) is 0 Å². The Morgan fingerprint density at radius 1 is 0.905 bits per heavy atom. The number of benzene rings is 2. The summed E-state index contributed by atoms with van der Waals surface area (Å²) in [4.78, 5) is 5.19. The Kier molecular flexibility index (Phi) is 3.59. The first kappa shape index (κ1) is 13.9. The minimum atomic E-state index is -4.36. The molecular weight excluding hydrogens is 279 g/mol. The zero-order valence-corrected chi connectivity index (χ0v) is 11.1. The molecule has 21 heavy (non-hydrogen) atoms. The number of anilines is 1. The zero-order valence-electron chi connectivity index (χ0n) is 11.1. The second kappa shape index (κ2) is 5.41. The van der Waals surface area contributed by atoms with Crippen LogP contribution in [0, 0.1) is 0 Å². The predicted octanol–water partition coefficient (Wildman–Crippen LogP) is 4.50. The van der Waals surface area contributed by atoms with Gasteiger partial charge in [-0.15, -0.1) is 0 Å². The van der Waals surface area contributed by atoms with Crippen molar-refractivity contribution in [3.63, 3.8) is 0 Å². The molecule has 0 bridgehead atoms. The average Bonchev–Trinajstić information content (AvgIpc) is 2.94. The second-order valence-corrected chi connectivity index (χ2v) is 4.96. The normalized spacial score (nSPS) is 22.5. The lowest BCUT2D eigenvalue weighted by molar-refractivity contribution is -0.209. The van der Waals surface area contributed by atoms with Gasteiger partial charge >= 0.3 is 6.18 Å². The van der Waals surface area contributed by atoms with E-state index in [1.54, 1.807) is 24.3 Å². The number of hydrogen-bond acceptors (Lipinski definition) is 2. The second-order valence-electron chi connectivity index (χ2n) is 4.96. The molecule has 0 radical (unpaired) electrons. The van der Waals surface area contributed by atoms with E-state index in [1.807, 2.05) is 36.4 Å². The van der Waals surface area contributed by atoms with Crippen molar-refractivity contribution in [3.05, 3.63) is 66.2 Å². The Bertz CT molecular complexity index is 538. The number of rotatable bonds is 2. The Labute approximate surface area is 120 Å². The van der Waals surface area contributed by atoms with Crippen LogP contribution in [0.1, 0.15) is 18.0 Å². The van der Waals surface area contributed by atoms with Crippen molar-refractivity contribution in [2.75, 3.05) is 5.06 Å². The van der Waals surface area contributed by atoms with Crippen LogP contribution in [0.2, 0.25) is 0 Å². The minimum absolute atomic E-state index is 0.109. The van der Waals surface area contributed by atoms with Gasteiger partial charge in [-0.3, -0.25) is 4.84 Å². The monoisotopic (exact) mass is 293 g/mol. The van der Waals surface area contributed by atoms with E-state index in [4.69, 9.17) is 4.84 Å². The first-order valence-electron chi connectivity index (χ1n) is 6.68. The smallest absolute Gasteiger partial charge is 0.260 e. The Balaban J connectivity index is 1.95. The first-order chi connectivity index (χ1) is 10.1. The van der Waals surface area contributed by atoms with E-state index in [1.165, 1.54) is 5.06 Å². The van der Waals surface area contributed by atoms with E-state index in [2.05, 4.69) is 0 Å². The SMILES string of the molecule is FC(F)(F)C1CC(c2ccccc2)N(c2ccccc2)O1. The Morgan fingerprint density at radius 2 is 1.48 bits per heavy atom. The predicted molar refractivity (Wildman–Crippen MR) is 73.6 cm³/mol. The van der Waals surface area contributed by atoms with Crippen LogP contribution in [0.3, 0.4) is 0 Å². The maximum atomic E-state index is 13.0. The molecule has 1 aliphatic rings. The molecule has 1 fully saturated rings. The maximum absolute atomic E-state index is 13.0. The van der Waals surface area contributed by atoms with Gasteiger partial charge < -0.3 is 0 Å². The van der Waals surface area contributed by atoms with Gasteiger partial charge in [-0.2, -0.15) is 13.2 Å². The number of hydrogen-bond donors (Lipinski definition) is 0. The fourth-order valence-corrected chi connectivity index (χ4v) is 2.51. The van der Waals surface area contributed by atoms with E-state index in [9.17, 15) is 13.2 Å². The zero-order chi connectivity index (χ0) is 14.9. The molecule has 3 rings (SSSR count). The van der Waals surface area contributed by atoms with E-state index < -0.39 is 18.3 Å². The van der Waals surface area contributed by atoms with Gasteiger partial charge in [0.15, 0.2) is 6.10 Å². The number of hydroxylamine groups is 1. The molecule has 2 nitrogen and oxygen atoms in total. The van der Waals surface area contributed by atoms with Crippen LogP contribution in [0.4, 0.5) is 18.9 Å². The summed E-state index contributed by atoms with van der Waals surface area (Å²) in [5.41, 5.74) is 1.44. The van der Waals surface area contributed by atoms with Crippen LogP contribution >= 0.6 is 0 Å². The highest BCUT2D eigenvalue weighted by atomic mass is 19.4. The fourth-order valence-electron chi connectivity index (χ4n) is 2.51. The molecule has 0 spiro atoms. The molecule has 1 heterocycles. The topological polar surface area (TPSA) is 12.5 Å². The molecule has 0 amide bonds. The summed E-state index contributed by atoms with van der Waals surface area (Å²) in [7, 11) is 0. The molecule has 2 aromatic rings. The number of halogens is 3. The van der Waals surface area contributed by atoms with Crippen LogP contribution in [-0.2, 0) is 4.84 Å². The van der Waals surface area contributed by atoms with Gasteiger partial charge in [-0.1, -0.05) is 48.5 Å². The number of para-hydroxylation sites is 1. The van der Waals surface area contributed by atoms with E-state index in [0.29, 0.717) is 5.69 Å². The summed E-state index contributed by atoms with van der Waals surface area (Å²) >= 11 is 0. The third-order valence-electron chi connectivity index (χ3n) is 3.52. The van der Waals surface area contributed by atoms with Crippen LogP contribution in [-0.4, -0.2) is 12.3 Å². The Hall–Kier alpha value is -2.01. The molecule has 0 saturated carbocycles. The van der Waals surface area contributed by atoms with Gasteiger partial charge in [-0.25, -0.2) is 5.06 Å². The molecule has 0 aliphatic carbocycles. The van der Waals surface area contributed by atoms with Gasteiger partial charge in [-0.05, 0) is 17.7 Å². The lowest BCUT2D eigenvalue weighted by Crippen LogP contribution is -2.30. The molecule has 0 aromatic heterocycles. The lowest BCUT2D eigenvalue weighted by Gasteiger charge is -2.25. The third kappa shape index (κ3) is 2.88. The van der Waals surface area contributed by atoms with Crippen LogP contribution in [0.15, 0.2) is 60.7 Å². The highest BCUT2D eigenvalue weighted by Crippen LogP contribution is 2.42. The van der Waals surface area contributed by atoms with Crippen molar-refractivity contribution in [2.45, 2.75) is 24.7 Å². The molecule has 2 unspecified atom stereocenters. The maximum Gasteiger partial charge on any atom is 0.417 e. The van der Waals surface area contributed by atoms with Crippen molar-refractivity contribution in [1.82, 2.24) is 0 Å². The first-order valence-corrected chi connectivity index (χ1v) is 6.68. The molecule has 0 N–H and O–H groups in total. The van der Waals surface area contributed by atoms with Crippen molar-refractivity contribution in [1.29, 1.82) is 0 Å². The van der Waals surface area contributed by atoms with Gasteiger partial charge in [0.25, 0.3) is 0 Å². The molecule has 1 aliphatic heterocycles. The molecule has 110 valence electrons. The summed E-state index contributed by atoms with van der Waals surface area (Å²) in [5.74, 6) is 0. The van der Waals surface area contributed by atoms with Crippen molar-refractivity contribution < 1.29 is 18.0 Å². The molecule has 5 heteroatoms. The van der Waals surface area contributed by atoms with E-state index in [0.717, 1.165) is 5.56 Å². The largest absolute Gasteiger partial charge is 0.417 e. The number of alkyl halides is 3. The molecule has 2 atom stereocenters. The van der Waals surface area contributed by atoms with Crippen LogP contribution in [0.5, 0.6) is 0 Å². The summed E-state index contributed by atoms with van der Waals surface area (Å²) < 4.78 is 39.0. The average molecular weight is 293 g/mol. The van der Waals surface area contributed by atoms with Crippen molar-refractivity contribution in [2.24, 2.45) is 0 Å². The quantitative estimate of drug-likeness (QED) is 0.808. The molecule has 2 aromatic carbocycles. The summed E-state index contributed by atoms with van der Waals surface area (Å²) in [6, 6.07) is 17.5. The summed E-state index contributed by atoms with van der Waals surface area (Å²) in [6.07, 6.45) is -6.25. The summed E-state index contributed by atoms with van der Waals surface area (Å²) in [6.45, 7) is 0. The highest BCUT2D eigenvalue weighted by Gasteiger charge is 2.49. The molecular formula is C16H14F3NO. The minimum Gasteiger partial charge on any atom is -0.260 e. The van der Waals surface area contributed by atoms with Crippen molar-refractivity contribution >= 4 is 5.69 Å². The lowest BCUT2D eigenvalue weighted by atomic mass is 10.0. The standard InChI is InChI=1S/C16H14F3NO/c17-16(18,19)15-11-14(12-7-3-1-4-8-12)20(21-15)13-9-5-2-6-10-13/h1-10,14-15H,11H2. The van der Waals surface area contributed by atoms with Gasteiger partial charge in [0.05, 0.1) is 11.7 Å². The van der Waals surface area contributed by atoms with Crippen LogP contribution in [0.25, 0.3) is 0 Å². The van der Waals surface area contributed by atoms with Gasteiger partial charge in [0.1, 0.15) is 0 Å². The highest BCUT2D eigenvalue weighted by molar-refractivity contribution is 5.47. The molecule has 1 saturated heterocycles. The van der Waals surface area contributed by atoms with E-state index >= 15 is 0 Å².